The van der Waals surface area contributed by atoms with Crippen molar-refractivity contribution in [2.24, 2.45) is 0 Å². The van der Waals surface area contributed by atoms with Gasteiger partial charge in [0.05, 0.1) is 24.8 Å². The number of aryl methyl sites for hydroxylation is 2. The zero-order valence-electron chi connectivity index (χ0n) is 9.84. The lowest BCUT2D eigenvalue weighted by atomic mass is 10.1. The van der Waals surface area contributed by atoms with Crippen molar-refractivity contribution in [3.05, 3.63) is 22.5 Å². The first-order valence-electron chi connectivity index (χ1n) is 4.97. The second kappa shape index (κ2) is 4.83. The molecule has 1 heterocycles. The monoisotopic (exact) mass is 225 g/mol. The number of H-pyrrole nitrogens is 1. The van der Waals surface area contributed by atoms with Crippen molar-refractivity contribution >= 4 is 11.9 Å². The van der Waals surface area contributed by atoms with E-state index in [1.807, 2.05) is 0 Å². The average molecular weight is 225 g/mol. The number of aromatic nitrogens is 1. The van der Waals surface area contributed by atoms with Crippen LogP contribution in [0.3, 0.4) is 0 Å². The van der Waals surface area contributed by atoms with Crippen LogP contribution in [-0.2, 0) is 9.47 Å². The minimum atomic E-state index is -0.537. The van der Waals surface area contributed by atoms with Crippen molar-refractivity contribution in [1.29, 1.82) is 0 Å². The Morgan fingerprint density at radius 1 is 1.12 bits per heavy atom. The van der Waals surface area contributed by atoms with Gasteiger partial charge in [-0.2, -0.15) is 0 Å². The van der Waals surface area contributed by atoms with Gasteiger partial charge in [0.15, 0.2) is 0 Å². The summed E-state index contributed by atoms with van der Waals surface area (Å²) in [6.07, 6.45) is 0. The number of methoxy groups -OCH3 is 1. The predicted molar refractivity (Wildman–Crippen MR) is 57.6 cm³/mol. The van der Waals surface area contributed by atoms with Crippen LogP contribution >= 0.6 is 0 Å². The molecule has 5 heteroatoms. The summed E-state index contributed by atoms with van der Waals surface area (Å²) in [5.74, 6) is -1.05. The summed E-state index contributed by atoms with van der Waals surface area (Å²) in [7, 11) is 1.28. The van der Waals surface area contributed by atoms with E-state index in [0.29, 0.717) is 11.4 Å². The first-order valence-corrected chi connectivity index (χ1v) is 4.97. The SMILES string of the molecule is CCOC(=O)c1c(C)[nH]c(C)c1C(=O)OC. The highest BCUT2D eigenvalue weighted by atomic mass is 16.5. The fourth-order valence-corrected chi connectivity index (χ4v) is 1.60. The van der Waals surface area contributed by atoms with E-state index in [0.717, 1.165) is 0 Å². The topological polar surface area (TPSA) is 68.4 Å². The maximum atomic E-state index is 11.7. The first-order chi connectivity index (χ1) is 7.52. The van der Waals surface area contributed by atoms with Gasteiger partial charge in [-0.05, 0) is 20.8 Å². The molecular formula is C11H15NO4. The Kier molecular flexibility index (Phi) is 3.71. The van der Waals surface area contributed by atoms with Gasteiger partial charge in [-0.25, -0.2) is 9.59 Å². The Labute approximate surface area is 93.7 Å². The number of hydrogen-bond donors (Lipinski definition) is 1. The molecule has 1 aromatic rings. The minimum Gasteiger partial charge on any atom is -0.465 e. The van der Waals surface area contributed by atoms with E-state index in [-0.39, 0.29) is 17.7 Å². The summed E-state index contributed by atoms with van der Waals surface area (Å²) in [5, 5.41) is 0. The second-order valence-corrected chi connectivity index (χ2v) is 3.34. The molecule has 16 heavy (non-hydrogen) atoms. The Balaban J connectivity index is 3.25. The Hall–Kier alpha value is -1.78. The van der Waals surface area contributed by atoms with Crippen LogP contribution in [0.15, 0.2) is 0 Å². The van der Waals surface area contributed by atoms with Crippen molar-refractivity contribution in [2.45, 2.75) is 20.8 Å². The molecule has 0 amide bonds. The Morgan fingerprint density at radius 3 is 2.06 bits per heavy atom. The van der Waals surface area contributed by atoms with Gasteiger partial charge in [0.2, 0.25) is 0 Å². The molecule has 0 saturated carbocycles. The summed E-state index contributed by atoms with van der Waals surface area (Å²) in [6.45, 7) is 5.40. The van der Waals surface area contributed by atoms with E-state index in [1.54, 1.807) is 20.8 Å². The quantitative estimate of drug-likeness (QED) is 0.793. The van der Waals surface area contributed by atoms with E-state index < -0.39 is 11.9 Å². The standard InChI is InChI=1S/C11H15NO4/c1-5-16-11(14)9-7(3)12-6(2)8(9)10(13)15-4/h12H,5H2,1-4H3. The van der Waals surface area contributed by atoms with Gasteiger partial charge in [-0.15, -0.1) is 0 Å². The summed E-state index contributed by atoms with van der Waals surface area (Å²) >= 11 is 0. The number of aromatic amines is 1. The van der Waals surface area contributed by atoms with Crippen LogP contribution in [0.4, 0.5) is 0 Å². The smallest absolute Gasteiger partial charge is 0.340 e. The number of hydrogen-bond acceptors (Lipinski definition) is 4. The van der Waals surface area contributed by atoms with Crippen LogP contribution in [0.2, 0.25) is 0 Å². The summed E-state index contributed by atoms with van der Waals surface area (Å²) in [6, 6.07) is 0. The lowest BCUT2D eigenvalue weighted by Crippen LogP contribution is -2.12. The second-order valence-electron chi connectivity index (χ2n) is 3.34. The molecule has 5 nitrogen and oxygen atoms in total. The maximum absolute atomic E-state index is 11.7. The van der Waals surface area contributed by atoms with Crippen molar-refractivity contribution in [1.82, 2.24) is 4.98 Å². The molecule has 0 radical (unpaired) electrons. The van der Waals surface area contributed by atoms with Crippen molar-refractivity contribution in [3.63, 3.8) is 0 Å². The summed E-state index contributed by atoms with van der Waals surface area (Å²) < 4.78 is 9.52. The van der Waals surface area contributed by atoms with Crippen molar-refractivity contribution in [3.8, 4) is 0 Å². The largest absolute Gasteiger partial charge is 0.465 e. The van der Waals surface area contributed by atoms with Gasteiger partial charge in [0.1, 0.15) is 0 Å². The number of nitrogens with one attached hydrogen (secondary N) is 1. The summed E-state index contributed by atoms with van der Waals surface area (Å²) in [5.41, 5.74) is 1.72. The van der Waals surface area contributed by atoms with Gasteiger partial charge < -0.3 is 14.5 Å². The van der Waals surface area contributed by atoms with Gasteiger partial charge in [0.25, 0.3) is 0 Å². The molecule has 0 fully saturated rings. The number of carbonyl (C=O) groups excluding carboxylic acids is 2. The van der Waals surface area contributed by atoms with Crippen LogP contribution < -0.4 is 0 Å². The van der Waals surface area contributed by atoms with E-state index >= 15 is 0 Å². The van der Waals surface area contributed by atoms with Gasteiger partial charge in [-0.1, -0.05) is 0 Å². The number of carbonyl (C=O) groups is 2. The molecule has 0 aliphatic carbocycles. The Morgan fingerprint density at radius 2 is 1.62 bits per heavy atom. The van der Waals surface area contributed by atoms with Crippen LogP contribution in [0.1, 0.15) is 39.0 Å². The van der Waals surface area contributed by atoms with E-state index in [9.17, 15) is 9.59 Å². The van der Waals surface area contributed by atoms with Gasteiger partial charge >= 0.3 is 11.9 Å². The number of rotatable bonds is 3. The zero-order chi connectivity index (χ0) is 12.3. The van der Waals surface area contributed by atoms with E-state index in [4.69, 9.17) is 4.74 Å². The van der Waals surface area contributed by atoms with E-state index in [2.05, 4.69) is 9.72 Å². The molecule has 0 bridgehead atoms. The van der Waals surface area contributed by atoms with Crippen LogP contribution in [0, 0.1) is 13.8 Å². The molecule has 0 unspecified atom stereocenters. The highest BCUT2D eigenvalue weighted by Gasteiger charge is 2.25. The molecule has 0 atom stereocenters. The number of esters is 2. The minimum absolute atomic E-state index is 0.249. The molecule has 88 valence electrons. The molecule has 0 aliphatic rings. The lowest BCUT2D eigenvalue weighted by Gasteiger charge is -2.04. The third-order valence-corrected chi connectivity index (χ3v) is 2.24. The maximum Gasteiger partial charge on any atom is 0.340 e. The highest BCUT2D eigenvalue weighted by Crippen LogP contribution is 2.20. The predicted octanol–water partition coefficient (Wildman–Crippen LogP) is 1.59. The number of ether oxygens (including phenoxy) is 2. The molecule has 0 aromatic carbocycles. The van der Waals surface area contributed by atoms with Gasteiger partial charge in [-0.3, -0.25) is 0 Å². The van der Waals surface area contributed by atoms with Crippen LogP contribution in [0.5, 0.6) is 0 Å². The van der Waals surface area contributed by atoms with Gasteiger partial charge in [0, 0.05) is 11.4 Å². The highest BCUT2D eigenvalue weighted by molar-refractivity contribution is 6.05. The first kappa shape index (κ1) is 12.3. The molecule has 0 aliphatic heterocycles. The fourth-order valence-electron chi connectivity index (χ4n) is 1.60. The normalized spacial score (nSPS) is 10.0. The van der Waals surface area contributed by atoms with E-state index in [1.165, 1.54) is 7.11 Å². The zero-order valence-corrected chi connectivity index (χ0v) is 9.84. The summed E-state index contributed by atoms with van der Waals surface area (Å²) in [4.78, 5) is 26.1. The molecule has 1 N–H and O–H groups in total. The van der Waals surface area contributed by atoms with Crippen molar-refractivity contribution in [2.75, 3.05) is 13.7 Å². The average Bonchev–Trinajstić information content (AvgIpc) is 2.53. The molecule has 1 aromatic heterocycles. The van der Waals surface area contributed by atoms with Crippen molar-refractivity contribution < 1.29 is 19.1 Å². The molecular weight excluding hydrogens is 210 g/mol. The fraction of sp³-hybridized carbons (Fsp3) is 0.455. The third kappa shape index (κ3) is 2.08. The molecule has 0 saturated heterocycles. The molecule has 0 spiro atoms. The third-order valence-electron chi connectivity index (χ3n) is 2.24. The Bertz CT molecular complexity index is 420. The molecule has 1 rings (SSSR count). The van der Waals surface area contributed by atoms with Crippen LogP contribution in [-0.4, -0.2) is 30.6 Å². The lowest BCUT2D eigenvalue weighted by molar-refractivity contribution is 0.0504. The van der Waals surface area contributed by atoms with Crippen LogP contribution in [0.25, 0.3) is 0 Å².